The Morgan fingerprint density at radius 2 is 1.92 bits per heavy atom. The van der Waals surface area contributed by atoms with Crippen molar-refractivity contribution in [2.75, 3.05) is 17.3 Å². The van der Waals surface area contributed by atoms with Gasteiger partial charge in [0.05, 0.1) is 0 Å². The molecule has 68 valence electrons. The van der Waals surface area contributed by atoms with E-state index in [4.69, 9.17) is 0 Å². The highest BCUT2D eigenvalue weighted by atomic mass is 32.2. The van der Waals surface area contributed by atoms with Crippen molar-refractivity contribution in [3.8, 4) is 0 Å². The topological polar surface area (TPSA) is 17.1 Å². The Balaban J connectivity index is 3.19. The van der Waals surface area contributed by atoms with Crippen LogP contribution in [0.4, 0.5) is 0 Å². The second-order valence-electron chi connectivity index (χ2n) is 2.09. The van der Waals surface area contributed by atoms with E-state index in [0.29, 0.717) is 6.42 Å². The van der Waals surface area contributed by atoms with Crippen LogP contribution < -0.4 is 0 Å². The van der Waals surface area contributed by atoms with E-state index in [1.807, 2.05) is 6.08 Å². The average molecular weight is 202 g/mol. The van der Waals surface area contributed by atoms with Gasteiger partial charge >= 0.3 is 0 Å². The lowest BCUT2D eigenvalue weighted by Crippen LogP contribution is -1.94. The lowest BCUT2D eigenvalue weighted by atomic mass is 10.5. The molecule has 0 bridgehead atoms. The summed E-state index contributed by atoms with van der Waals surface area (Å²) in [6.45, 7) is 7.15. The van der Waals surface area contributed by atoms with Crippen LogP contribution in [-0.4, -0.2) is 22.4 Å². The van der Waals surface area contributed by atoms with Gasteiger partial charge in [0.25, 0.3) is 0 Å². The Morgan fingerprint density at radius 1 is 1.25 bits per heavy atom. The van der Waals surface area contributed by atoms with Gasteiger partial charge < -0.3 is 0 Å². The molecular weight excluding hydrogens is 188 g/mol. The highest BCUT2D eigenvalue weighted by Crippen LogP contribution is 2.09. The van der Waals surface area contributed by atoms with E-state index in [1.54, 1.807) is 17.8 Å². The summed E-state index contributed by atoms with van der Waals surface area (Å²) < 4.78 is 0. The van der Waals surface area contributed by atoms with Crippen LogP contribution in [0.1, 0.15) is 6.42 Å². The summed E-state index contributed by atoms with van der Waals surface area (Å²) in [6, 6.07) is 0. The van der Waals surface area contributed by atoms with Crippen molar-refractivity contribution in [1.82, 2.24) is 0 Å². The maximum atomic E-state index is 11.0. The number of hydrogen-bond acceptors (Lipinski definition) is 3. The number of rotatable bonds is 7. The second-order valence-corrected chi connectivity index (χ2v) is 4.31. The van der Waals surface area contributed by atoms with E-state index in [1.165, 1.54) is 11.8 Å². The second kappa shape index (κ2) is 8.94. The van der Waals surface area contributed by atoms with Crippen LogP contribution >= 0.6 is 23.5 Å². The highest BCUT2D eigenvalue weighted by molar-refractivity contribution is 8.13. The van der Waals surface area contributed by atoms with Gasteiger partial charge in [0.1, 0.15) is 0 Å². The third-order valence-electron chi connectivity index (χ3n) is 1.05. The molecule has 0 N–H and O–H groups in total. The molecule has 0 aromatic heterocycles. The molecule has 0 aliphatic carbocycles. The SMILES string of the molecule is C=CCSCCC(=O)SCC=C. The molecule has 0 saturated heterocycles. The minimum absolute atomic E-state index is 0.256. The summed E-state index contributed by atoms with van der Waals surface area (Å²) in [4.78, 5) is 11.0. The van der Waals surface area contributed by atoms with Gasteiger partial charge in [-0.3, -0.25) is 4.79 Å². The van der Waals surface area contributed by atoms with E-state index in [2.05, 4.69) is 13.2 Å². The maximum absolute atomic E-state index is 11.0. The van der Waals surface area contributed by atoms with Gasteiger partial charge in [-0.05, 0) is 0 Å². The van der Waals surface area contributed by atoms with Crippen molar-refractivity contribution in [3.05, 3.63) is 25.3 Å². The minimum atomic E-state index is 0.256. The monoisotopic (exact) mass is 202 g/mol. The maximum Gasteiger partial charge on any atom is 0.190 e. The zero-order valence-electron chi connectivity index (χ0n) is 7.12. The van der Waals surface area contributed by atoms with E-state index in [-0.39, 0.29) is 5.12 Å². The van der Waals surface area contributed by atoms with Crippen molar-refractivity contribution >= 4 is 28.6 Å². The summed E-state index contributed by atoms with van der Waals surface area (Å²) in [5.74, 6) is 2.55. The number of carbonyl (C=O) groups is 1. The summed E-state index contributed by atoms with van der Waals surface area (Å²) in [6.07, 6.45) is 4.25. The van der Waals surface area contributed by atoms with Gasteiger partial charge in [0.15, 0.2) is 5.12 Å². The largest absolute Gasteiger partial charge is 0.287 e. The van der Waals surface area contributed by atoms with Gasteiger partial charge in [-0.15, -0.1) is 13.2 Å². The molecule has 0 amide bonds. The molecule has 0 atom stereocenters. The molecule has 0 unspecified atom stereocenters. The Hall–Kier alpha value is -0.150. The number of carbonyl (C=O) groups excluding carboxylic acids is 1. The van der Waals surface area contributed by atoms with E-state index in [0.717, 1.165) is 17.3 Å². The molecular formula is C9H14OS2. The number of hydrogen-bond donors (Lipinski definition) is 0. The van der Waals surface area contributed by atoms with Crippen LogP contribution in [0, 0.1) is 0 Å². The third-order valence-corrected chi connectivity index (χ3v) is 2.94. The van der Waals surface area contributed by atoms with Crippen molar-refractivity contribution in [1.29, 1.82) is 0 Å². The molecule has 1 nitrogen and oxygen atoms in total. The number of thioether (sulfide) groups is 2. The molecule has 0 saturated carbocycles. The molecule has 0 heterocycles. The normalized spacial score (nSPS) is 9.33. The zero-order chi connectivity index (χ0) is 9.23. The first-order valence-corrected chi connectivity index (χ1v) is 5.90. The summed E-state index contributed by atoms with van der Waals surface area (Å²) >= 11 is 3.08. The van der Waals surface area contributed by atoms with Crippen molar-refractivity contribution in [3.63, 3.8) is 0 Å². The van der Waals surface area contributed by atoms with Crippen LogP contribution in [0.25, 0.3) is 0 Å². The quantitative estimate of drug-likeness (QED) is 0.467. The molecule has 0 aliphatic heterocycles. The first-order valence-electron chi connectivity index (χ1n) is 3.76. The molecule has 12 heavy (non-hydrogen) atoms. The Morgan fingerprint density at radius 3 is 2.50 bits per heavy atom. The molecule has 0 aromatic carbocycles. The first-order chi connectivity index (χ1) is 5.81. The van der Waals surface area contributed by atoms with Gasteiger partial charge in [-0.1, -0.05) is 23.9 Å². The van der Waals surface area contributed by atoms with Crippen LogP contribution in [0.5, 0.6) is 0 Å². The zero-order valence-corrected chi connectivity index (χ0v) is 8.76. The van der Waals surface area contributed by atoms with Crippen LogP contribution in [-0.2, 0) is 4.79 Å². The molecule has 0 aromatic rings. The van der Waals surface area contributed by atoms with Crippen molar-refractivity contribution < 1.29 is 4.79 Å². The summed E-state index contributed by atoms with van der Waals surface area (Å²) in [7, 11) is 0. The van der Waals surface area contributed by atoms with Gasteiger partial charge in [0, 0.05) is 23.7 Å². The first kappa shape index (κ1) is 11.8. The molecule has 0 spiro atoms. The molecule has 0 rings (SSSR count). The van der Waals surface area contributed by atoms with E-state index < -0.39 is 0 Å². The predicted octanol–water partition coefficient (Wildman–Crippen LogP) is 2.74. The van der Waals surface area contributed by atoms with E-state index in [9.17, 15) is 4.79 Å². The fraction of sp³-hybridized carbons (Fsp3) is 0.444. The Bertz CT molecular complexity index is 155. The smallest absolute Gasteiger partial charge is 0.190 e. The standard InChI is InChI=1S/C9H14OS2/c1-3-6-11-8-5-9(10)12-7-4-2/h3-4H,1-2,5-8H2. The summed E-state index contributed by atoms with van der Waals surface area (Å²) in [5.41, 5.74) is 0. The predicted molar refractivity (Wildman–Crippen MR) is 59.8 cm³/mol. The van der Waals surface area contributed by atoms with Crippen LogP contribution in [0.3, 0.4) is 0 Å². The molecule has 0 aliphatic rings. The van der Waals surface area contributed by atoms with Gasteiger partial charge in [-0.2, -0.15) is 11.8 Å². The molecule has 0 fully saturated rings. The fourth-order valence-corrected chi connectivity index (χ4v) is 1.89. The van der Waals surface area contributed by atoms with Crippen LogP contribution in [0.15, 0.2) is 25.3 Å². The molecule has 3 heteroatoms. The fourth-order valence-electron chi connectivity index (χ4n) is 0.546. The van der Waals surface area contributed by atoms with Crippen molar-refractivity contribution in [2.45, 2.75) is 6.42 Å². The van der Waals surface area contributed by atoms with Crippen LogP contribution in [0.2, 0.25) is 0 Å². The Labute approximate surface area is 82.7 Å². The highest BCUT2D eigenvalue weighted by Gasteiger charge is 1.99. The lowest BCUT2D eigenvalue weighted by Gasteiger charge is -1.96. The Kier molecular flexibility index (Phi) is 8.83. The summed E-state index contributed by atoms with van der Waals surface area (Å²) in [5, 5.41) is 0.256. The van der Waals surface area contributed by atoms with E-state index >= 15 is 0 Å². The lowest BCUT2D eigenvalue weighted by molar-refractivity contribution is -0.110. The molecule has 0 radical (unpaired) electrons. The average Bonchev–Trinajstić information content (AvgIpc) is 2.09. The van der Waals surface area contributed by atoms with Gasteiger partial charge in [0.2, 0.25) is 0 Å². The van der Waals surface area contributed by atoms with Crippen molar-refractivity contribution in [2.24, 2.45) is 0 Å². The van der Waals surface area contributed by atoms with Gasteiger partial charge in [-0.25, -0.2) is 0 Å². The third kappa shape index (κ3) is 7.95. The minimum Gasteiger partial charge on any atom is -0.287 e.